The maximum atomic E-state index is 5.01. The fourth-order valence-electron chi connectivity index (χ4n) is 1.91. The molecular weight excluding hydrogens is 266 g/mol. The first-order valence-electron chi connectivity index (χ1n) is 6.26. The third-order valence-electron chi connectivity index (χ3n) is 3.08. The predicted octanol–water partition coefficient (Wildman–Crippen LogP) is 1.82. The molecule has 1 fully saturated rings. The first-order chi connectivity index (χ1) is 8.81. The monoisotopic (exact) mass is 287 g/mol. The zero-order chi connectivity index (χ0) is 12.8. The van der Waals surface area contributed by atoms with Crippen LogP contribution in [-0.2, 0) is 11.3 Å². The Morgan fingerprint density at radius 1 is 1.61 bits per heavy atom. The van der Waals surface area contributed by atoms with Gasteiger partial charge < -0.3 is 15.0 Å². The summed E-state index contributed by atoms with van der Waals surface area (Å²) in [6, 6.07) is 0.662. The van der Waals surface area contributed by atoms with E-state index in [0.29, 0.717) is 6.04 Å². The number of methoxy groups -OCH3 is 1. The standard InChI is InChI=1S/C12H21N3OS2/c1-15(10-3-6-17-9-10)12-14-8-11(18-12)7-13-4-5-16-2/h8,10,13H,3-7,9H2,1-2H3. The summed E-state index contributed by atoms with van der Waals surface area (Å²) >= 11 is 3.83. The van der Waals surface area contributed by atoms with Gasteiger partial charge in [-0.05, 0) is 12.2 Å². The normalized spacial score (nSPS) is 19.3. The van der Waals surface area contributed by atoms with Crippen molar-refractivity contribution in [1.82, 2.24) is 10.3 Å². The largest absolute Gasteiger partial charge is 0.383 e. The number of nitrogens with one attached hydrogen (secondary N) is 1. The molecule has 18 heavy (non-hydrogen) atoms. The molecular formula is C12H21N3OS2. The van der Waals surface area contributed by atoms with E-state index in [0.717, 1.165) is 24.8 Å². The molecule has 4 nitrogen and oxygen atoms in total. The summed E-state index contributed by atoms with van der Waals surface area (Å²) in [5.74, 6) is 2.52. The van der Waals surface area contributed by atoms with Gasteiger partial charge in [0.1, 0.15) is 0 Å². The molecule has 1 aliphatic rings. The zero-order valence-corrected chi connectivity index (χ0v) is 12.6. The number of aromatic nitrogens is 1. The maximum absolute atomic E-state index is 5.01. The average Bonchev–Trinajstić information content (AvgIpc) is 3.05. The molecule has 0 saturated carbocycles. The van der Waals surface area contributed by atoms with Crippen molar-refractivity contribution in [2.75, 3.05) is 43.7 Å². The Morgan fingerprint density at radius 3 is 3.22 bits per heavy atom. The summed E-state index contributed by atoms with van der Waals surface area (Å²) < 4.78 is 5.01. The molecule has 0 radical (unpaired) electrons. The number of anilines is 1. The second-order valence-electron chi connectivity index (χ2n) is 4.41. The second-order valence-corrected chi connectivity index (χ2v) is 6.65. The number of thiazole rings is 1. The molecule has 0 aromatic carbocycles. The van der Waals surface area contributed by atoms with Crippen LogP contribution in [0.25, 0.3) is 0 Å². The molecule has 1 N–H and O–H groups in total. The van der Waals surface area contributed by atoms with Gasteiger partial charge in [-0.15, -0.1) is 11.3 Å². The summed E-state index contributed by atoms with van der Waals surface area (Å²) in [6.07, 6.45) is 3.26. The molecule has 102 valence electrons. The van der Waals surface area contributed by atoms with Crippen LogP contribution in [0.15, 0.2) is 6.20 Å². The van der Waals surface area contributed by atoms with Crippen molar-refractivity contribution < 1.29 is 4.74 Å². The SMILES string of the molecule is COCCNCc1cnc(N(C)C2CCSC2)s1. The highest BCUT2D eigenvalue weighted by atomic mass is 32.2. The summed E-state index contributed by atoms with van der Waals surface area (Å²) in [6.45, 7) is 2.53. The van der Waals surface area contributed by atoms with E-state index in [4.69, 9.17) is 4.74 Å². The van der Waals surface area contributed by atoms with Crippen molar-refractivity contribution in [3.8, 4) is 0 Å². The van der Waals surface area contributed by atoms with Gasteiger partial charge >= 0.3 is 0 Å². The van der Waals surface area contributed by atoms with Crippen molar-refractivity contribution in [3.63, 3.8) is 0 Å². The van der Waals surface area contributed by atoms with Gasteiger partial charge in [0.25, 0.3) is 0 Å². The van der Waals surface area contributed by atoms with Gasteiger partial charge in [0.15, 0.2) is 5.13 Å². The van der Waals surface area contributed by atoms with Gasteiger partial charge in [0.05, 0.1) is 6.61 Å². The zero-order valence-electron chi connectivity index (χ0n) is 11.0. The summed E-state index contributed by atoms with van der Waals surface area (Å²) in [4.78, 5) is 8.15. The fourth-order valence-corrected chi connectivity index (χ4v) is 4.09. The number of hydrogen-bond acceptors (Lipinski definition) is 6. The van der Waals surface area contributed by atoms with Crippen LogP contribution in [0.2, 0.25) is 0 Å². The topological polar surface area (TPSA) is 37.4 Å². The molecule has 0 amide bonds. The van der Waals surface area contributed by atoms with Crippen molar-refractivity contribution in [2.24, 2.45) is 0 Å². The van der Waals surface area contributed by atoms with Crippen molar-refractivity contribution in [2.45, 2.75) is 19.0 Å². The van der Waals surface area contributed by atoms with Crippen LogP contribution in [0.1, 0.15) is 11.3 Å². The van der Waals surface area contributed by atoms with Gasteiger partial charge in [-0.1, -0.05) is 0 Å². The highest BCUT2D eigenvalue weighted by molar-refractivity contribution is 7.99. The second kappa shape index (κ2) is 7.33. The first-order valence-corrected chi connectivity index (χ1v) is 8.23. The van der Waals surface area contributed by atoms with Crippen LogP contribution in [0.3, 0.4) is 0 Å². The molecule has 0 bridgehead atoms. The third kappa shape index (κ3) is 3.85. The Morgan fingerprint density at radius 2 is 2.50 bits per heavy atom. The molecule has 1 aliphatic heterocycles. The minimum absolute atomic E-state index is 0.662. The molecule has 1 unspecified atom stereocenters. The fraction of sp³-hybridized carbons (Fsp3) is 0.750. The quantitative estimate of drug-likeness (QED) is 0.774. The van der Waals surface area contributed by atoms with Crippen LogP contribution in [-0.4, -0.2) is 49.8 Å². The number of nitrogens with zero attached hydrogens (tertiary/aromatic N) is 2. The molecule has 1 aromatic rings. The molecule has 1 atom stereocenters. The minimum Gasteiger partial charge on any atom is -0.383 e. The van der Waals surface area contributed by atoms with E-state index in [1.54, 1.807) is 18.4 Å². The lowest BCUT2D eigenvalue weighted by Gasteiger charge is -2.22. The highest BCUT2D eigenvalue weighted by Crippen LogP contribution is 2.28. The van der Waals surface area contributed by atoms with Gasteiger partial charge in [-0.25, -0.2) is 4.98 Å². The van der Waals surface area contributed by atoms with Gasteiger partial charge in [0, 0.05) is 50.1 Å². The Bertz CT molecular complexity index is 353. The van der Waals surface area contributed by atoms with Crippen molar-refractivity contribution in [3.05, 3.63) is 11.1 Å². The van der Waals surface area contributed by atoms with Crippen LogP contribution < -0.4 is 10.2 Å². The Kier molecular flexibility index (Phi) is 5.75. The van der Waals surface area contributed by atoms with E-state index in [9.17, 15) is 0 Å². The molecule has 0 spiro atoms. The molecule has 2 heterocycles. The van der Waals surface area contributed by atoms with Gasteiger partial charge in [-0.3, -0.25) is 0 Å². The van der Waals surface area contributed by atoms with Crippen LogP contribution in [0, 0.1) is 0 Å². The number of rotatable bonds is 7. The first kappa shape index (κ1) is 14.1. The molecule has 1 aromatic heterocycles. The Balaban J connectivity index is 1.81. The van der Waals surface area contributed by atoms with Crippen LogP contribution >= 0.6 is 23.1 Å². The number of ether oxygens (including phenoxy) is 1. The number of thioether (sulfide) groups is 1. The Labute approximate surface area is 117 Å². The summed E-state index contributed by atoms with van der Waals surface area (Å²) in [7, 11) is 3.89. The van der Waals surface area contributed by atoms with E-state index in [1.165, 1.54) is 22.8 Å². The van der Waals surface area contributed by atoms with E-state index in [1.807, 2.05) is 18.0 Å². The number of hydrogen-bond donors (Lipinski definition) is 1. The van der Waals surface area contributed by atoms with Crippen molar-refractivity contribution in [1.29, 1.82) is 0 Å². The van der Waals surface area contributed by atoms with Gasteiger partial charge in [-0.2, -0.15) is 11.8 Å². The van der Waals surface area contributed by atoms with Crippen molar-refractivity contribution >= 4 is 28.2 Å². The lowest BCUT2D eigenvalue weighted by molar-refractivity contribution is 0.199. The molecule has 1 saturated heterocycles. The lowest BCUT2D eigenvalue weighted by atomic mass is 10.2. The van der Waals surface area contributed by atoms with E-state index >= 15 is 0 Å². The molecule has 2 rings (SSSR count). The molecule has 6 heteroatoms. The predicted molar refractivity (Wildman–Crippen MR) is 79.8 cm³/mol. The lowest BCUT2D eigenvalue weighted by Crippen LogP contribution is -2.30. The maximum Gasteiger partial charge on any atom is 0.185 e. The van der Waals surface area contributed by atoms with E-state index in [-0.39, 0.29) is 0 Å². The van der Waals surface area contributed by atoms with E-state index < -0.39 is 0 Å². The Hall–Kier alpha value is -0.300. The molecule has 0 aliphatic carbocycles. The summed E-state index contributed by atoms with van der Waals surface area (Å²) in [5, 5.41) is 4.49. The van der Waals surface area contributed by atoms with E-state index in [2.05, 4.69) is 22.2 Å². The average molecular weight is 287 g/mol. The third-order valence-corrected chi connectivity index (χ3v) is 5.31. The summed E-state index contributed by atoms with van der Waals surface area (Å²) in [5.41, 5.74) is 0. The highest BCUT2D eigenvalue weighted by Gasteiger charge is 2.22. The van der Waals surface area contributed by atoms with Crippen LogP contribution in [0.5, 0.6) is 0 Å². The minimum atomic E-state index is 0.662. The van der Waals surface area contributed by atoms with Crippen LogP contribution in [0.4, 0.5) is 5.13 Å². The smallest absolute Gasteiger partial charge is 0.185 e. The van der Waals surface area contributed by atoms with Gasteiger partial charge in [0.2, 0.25) is 0 Å².